The zero-order valence-corrected chi connectivity index (χ0v) is 18.2. The SMILES string of the molecule is CCOC(=O)c1c(NC(=O)CC2CCCCC2)sc2c1C(C(=O)OCC)CCC2. The maximum atomic E-state index is 12.8. The number of amides is 1. The molecule has 1 aromatic heterocycles. The maximum Gasteiger partial charge on any atom is 0.341 e. The van der Waals surface area contributed by atoms with Gasteiger partial charge >= 0.3 is 11.9 Å². The molecule has 1 heterocycles. The lowest BCUT2D eigenvalue weighted by Gasteiger charge is -2.22. The maximum absolute atomic E-state index is 12.8. The van der Waals surface area contributed by atoms with E-state index in [2.05, 4.69) is 5.32 Å². The van der Waals surface area contributed by atoms with Gasteiger partial charge in [0.1, 0.15) is 5.00 Å². The van der Waals surface area contributed by atoms with Gasteiger partial charge < -0.3 is 14.8 Å². The van der Waals surface area contributed by atoms with Gasteiger partial charge in [0.25, 0.3) is 0 Å². The third-order valence-corrected chi connectivity index (χ3v) is 6.95. The molecule has 0 spiro atoms. The zero-order valence-electron chi connectivity index (χ0n) is 17.4. The first-order valence-corrected chi connectivity index (χ1v) is 11.7. The first-order valence-electron chi connectivity index (χ1n) is 10.8. The zero-order chi connectivity index (χ0) is 20.8. The van der Waals surface area contributed by atoms with Gasteiger partial charge in [0.05, 0.1) is 24.7 Å². The molecule has 1 fully saturated rings. The highest BCUT2D eigenvalue weighted by Gasteiger charge is 2.37. The molecule has 2 aliphatic carbocycles. The molecule has 0 aliphatic heterocycles. The molecule has 1 unspecified atom stereocenters. The van der Waals surface area contributed by atoms with E-state index in [9.17, 15) is 14.4 Å². The molecule has 3 rings (SSSR count). The molecule has 1 atom stereocenters. The summed E-state index contributed by atoms with van der Waals surface area (Å²) in [5.41, 5.74) is 1.05. The summed E-state index contributed by atoms with van der Waals surface area (Å²) < 4.78 is 10.5. The third kappa shape index (κ3) is 5.18. The molecule has 0 radical (unpaired) electrons. The minimum atomic E-state index is -0.478. The van der Waals surface area contributed by atoms with Gasteiger partial charge in [-0.1, -0.05) is 19.3 Å². The second-order valence-corrected chi connectivity index (χ2v) is 8.92. The summed E-state index contributed by atoms with van der Waals surface area (Å²) in [5, 5.41) is 3.49. The number of fused-ring (bicyclic) bond motifs is 1. The molecule has 6 nitrogen and oxygen atoms in total. The summed E-state index contributed by atoms with van der Waals surface area (Å²) in [6, 6.07) is 0. The van der Waals surface area contributed by atoms with Crippen LogP contribution in [0.1, 0.15) is 91.9 Å². The standard InChI is InChI=1S/C22H31NO5S/c1-3-27-21(25)15-11-8-12-16-18(15)19(22(26)28-4-2)20(29-16)23-17(24)13-14-9-6-5-7-10-14/h14-15H,3-13H2,1-2H3,(H,23,24). The molecule has 1 amide bonds. The van der Waals surface area contributed by atoms with E-state index in [0.29, 0.717) is 41.5 Å². The molecule has 0 saturated heterocycles. The minimum Gasteiger partial charge on any atom is -0.466 e. The van der Waals surface area contributed by atoms with Gasteiger partial charge in [-0.05, 0) is 57.4 Å². The average molecular weight is 422 g/mol. The minimum absolute atomic E-state index is 0.0614. The highest BCUT2D eigenvalue weighted by Crippen LogP contribution is 2.44. The molecule has 1 N–H and O–H groups in total. The number of hydrogen-bond acceptors (Lipinski definition) is 6. The second-order valence-electron chi connectivity index (χ2n) is 7.82. The van der Waals surface area contributed by atoms with E-state index in [0.717, 1.165) is 30.6 Å². The van der Waals surface area contributed by atoms with Crippen molar-refractivity contribution < 1.29 is 23.9 Å². The molecule has 0 bridgehead atoms. The number of esters is 2. The Kier molecular flexibility index (Phi) is 7.70. The number of aryl methyl sites for hydroxylation is 1. The summed E-state index contributed by atoms with van der Waals surface area (Å²) in [6.07, 6.45) is 8.55. The number of anilines is 1. The topological polar surface area (TPSA) is 81.7 Å². The Hall–Kier alpha value is -1.89. The molecular formula is C22H31NO5S. The van der Waals surface area contributed by atoms with Crippen molar-refractivity contribution in [3.63, 3.8) is 0 Å². The van der Waals surface area contributed by atoms with Crippen LogP contribution in [0.4, 0.5) is 5.00 Å². The van der Waals surface area contributed by atoms with Gasteiger partial charge in [0.15, 0.2) is 0 Å². The molecular weight excluding hydrogens is 390 g/mol. The van der Waals surface area contributed by atoms with E-state index in [1.54, 1.807) is 13.8 Å². The van der Waals surface area contributed by atoms with Crippen molar-refractivity contribution in [3.8, 4) is 0 Å². The van der Waals surface area contributed by atoms with E-state index in [-0.39, 0.29) is 18.5 Å². The Bertz CT molecular complexity index is 751. The number of carbonyl (C=O) groups is 3. The summed E-state index contributed by atoms with van der Waals surface area (Å²) in [4.78, 5) is 39.0. The molecule has 1 saturated carbocycles. The smallest absolute Gasteiger partial charge is 0.341 e. The number of nitrogens with one attached hydrogen (secondary N) is 1. The summed E-state index contributed by atoms with van der Waals surface area (Å²) in [5.74, 6) is -0.908. The quantitative estimate of drug-likeness (QED) is 0.639. The lowest BCUT2D eigenvalue weighted by atomic mass is 9.85. The van der Waals surface area contributed by atoms with E-state index >= 15 is 0 Å². The molecule has 2 aliphatic rings. The van der Waals surface area contributed by atoms with Crippen LogP contribution in [0.5, 0.6) is 0 Å². The number of rotatable bonds is 7. The van der Waals surface area contributed by atoms with Crippen LogP contribution >= 0.6 is 11.3 Å². The number of carbonyl (C=O) groups excluding carboxylic acids is 3. The van der Waals surface area contributed by atoms with Crippen molar-refractivity contribution in [2.75, 3.05) is 18.5 Å². The first-order chi connectivity index (χ1) is 14.0. The fourth-order valence-corrected chi connectivity index (χ4v) is 5.77. The van der Waals surface area contributed by atoms with E-state index in [4.69, 9.17) is 9.47 Å². The number of ether oxygens (including phenoxy) is 2. The van der Waals surface area contributed by atoms with Crippen LogP contribution in [0.3, 0.4) is 0 Å². The number of thiophene rings is 1. The van der Waals surface area contributed by atoms with Crippen molar-refractivity contribution in [1.29, 1.82) is 0 Å². The highest BCUT2D eigenvalue weighted by atomic mass is 32.1. The average Bonchev–Trinajstić information content (AvgIpc) is 3.06. The normalized spacial score (nSPS) is 19.3. The molecule has 160 valence electrons. The lowest BCUT2D eigenvalue weighted by Crippen LogP contribution is -2.23. The Morgan fingerprint density at radius 1 is 1.00 bits per heavy atom. The van der Waals surface area contributed by atoms with Crippen molar-refractivity contribution >= 4 is 34.2 Å². The van der Waals surface area contributed by atoms with E-state index in [1.165, 1.54) is 30.6 Å². The molecule has 1 aromatic rings. The summed E-state index contributed by atoms with van der Waals surface area (Å²) >= 11 is 1.41. The van der Waals surface area contributed by atoms with Crippen molar-refractivity contribution in [3.05, 3.63) is 16.0 Å². The van der Waals surface area contributed by atoms with Crippen LogP contribution in [0.2, 0.25) is 0 Å². The van der Waals surface area contributed by atoms with Crippen molar-refractivity contribution in [1.82, 2.24) is 0 Å². The van der Waals surface area contributed by atoms with Crippen LogP contribution in [0, 0.1) is 5.92 Å². The van der Waals surface area contributed by atoms with E-state index < -0.39 is 11.9 Å². The molecule has 7 heteroatoms. The van der Waals surface area contributed by atoms with Gasteiger partial charge in [-0.15, -0.1) is 11.3 Å². The first kappa shape index (κ1) is 21.8. The molecule has 0 aromatic carbocycles. The fraction of sp³-hybridized carbons (Fsp3) is 0.682. The van der Waals surface area contributed by atoms with Crippen LogP contribution in [0.15, 0.2) is 0 Å². The number of hydrogen-bond donors (Lipinski definition) is 1. The third-order valence-electron chi connectivity index (χ3n) is 5.77. The largest absolute Gasteiger partial charge is 0.466 e. The Balaban J connectivity index is 1.87. The Labute approximate surface area is 176 Å². The lowest BCUT2D eigenvalue weighted by molar-refractivity contribution is -0.145. The van der Waals surface area contributed by atoms with Crippen LogP contribution in [-0.2, 0) is 25.5 Å². The summed E-state index contributed by atoms with van der Waals surface area (Å²) in [6.45, 7) is 4.07. The van der Waals surface area contributed by atoms with Crippen molar-refractivity contribution in [2.45, 2.75) is 77.6 Å². The van der Waals surface area contributed by atoms with Crippen molar-refractivity contribution in [2.24, 2.45) is 5.92 Å². The Morgan fingerprint density at radius 3 is 2.41 bits per heavy atom. The Morgan fingerprint density at radius 2 is 1.72 bits per heavy atom. The van der Waals surface area contributed by atoms with Crippen LogP contribution in [0.25, 0.3) is 0 Å². The van der Waals surface area contributed by atoms with Gasteiger partial charge in [-0.3, -0.25) is 9.59 Å². The van der Waals surface area contributed by atoms with E-state index in [1.807, 2.05) is 0 Å². The summed E-state index contributed by atoms with van der Waals surface area (Å²) in [7, 11) is 0. The highest BCUT2D eigenvalue weighted by molar-refractivity contribution is 7.17. The van der Waals surface area contributed by atoms with Gasteiger partial charge in [-0.2, -0.15) is 0 Å². The van der Waals surface area contributed by atoms with Crippen LogP contribution < -0.4 is 5.32 Å². The second kappa shape index (κ2) is 10.2. The van der Waals surface area contributed by atoms with Gasteiger partial charge in [-0.25, -0.2) is 4.79 Å². The fourth-order valence-electron chi connectivity index (χ4n) is 4.46. The van der Waals surface area contributed by atoms with Gasteiger partial charge in [0.2, 0.25) is 5.91 Å². The molecule has 29 heavy (non-hydrogen) atoms. The van der Waals surface area contributed by atoms with Gasteiger partial charge in [0, 0.05) is 11.3 Å². The predicted molar refractivity (Wildman–Crippen MR) is 112 cm³/mol. The predicted octanol–water partition coefficient (Wildman–Crippen LogP) is 4.82. The monoisotopic (exact) mass is 421 g/mol. The van der Waals surface area contributed by atoms with Crippen LogP contribution in [-0.4, -0.2) is 31.1 Å².